The Kier molecular flexibility index (Phi) is 5.33. The van der Waals surface area contributed by atoms with Gasteiger partial charge in [0.1, 0.15) is 0 Å². The number of aryl methyl sites for hydroxylation is 2. The molecule has 0 spiro atoms. The third-order valence-electron chi connectivity index (χ3n) is 4.23. The molecule has 2 aromatic carbocycles. The zero-order chi connectivity index (χ0) is 20.5. The Bertz CT molecular complexity index is 1120. The van der Waals surface area contributed by atoms with Crippen molar-refractivity contribution in [2.45, 2.75) is 31.8 Å². The molecule has 0 aliphatic carbocycles. The second-order valence-electron chi connectivity index (χ2n) is 6.61. The largest absolute Gasteiger partial charge is 0.449 e. The van der Waals surface area contributed by atoms with Crippen LogP contribution in [0, 0.1) is 13.8 Å². The summed E-state index contributed by atoms with van der Waals surface area (Å²) in [7, 11) is -3.44. The lowest BCUT2D eigenvalue weighted by atomic mass is 10.1. The van der Waals surface area contributed by atoms with Crippen LogP contribution in [0.25, 0.3) is 11.5 Å². The number of nitrogens with zero attached hydrogens (tertiary/aromatic N) is 2. The summed E-state index contributed by atoms with van der Waals surface area (Å²) in [6, 6.07) is 11.9. The lowest BCUT2D eigenvalue weighted by molar-refractivity contribution is 0.0278. The Morgan fingerprint density at radius 2 is 1.75 bits per heavy atom. The summed E-state index contributed by atoms with van der Waals surface area (Å²) in [5.74, 6) is -0.181. The van der Waals surface area contributed by atoms with E-state index in [9.17, 15) is 13.2 Å². The van der Waals surface area contributed by atoms with Gasteiger partial charge < -0.3 is 9.15 Å². The SMILES string of the molecule is Cc1ccc(-c2nnc([C@@H](C)OC(=O)c3cc(S(C)(=O)=O)ccc3C)o2)cc1. The van der Waals surface area contributed by atoms with Crippen LogP contribution >= 0.6 is 0 Å². The van der Waals surface area contributed by atoms with E-state index in [0.29, 0.717) is 11.5 Å². The van der Waals surface area contributed by atoms with E-state index >= 15 is 0 Å². The molecule has 3 rings (SSSR count). The third kappa shape index (κ3) is 4.28. The predicted octanol–water partition coefficient (Wildman–Crippen LogP) is 3.67. The van der Waals surface area contributed by atoms with Gasteiger partial charge in [-0.05, 0) is 50.6 Å². The molecule has 146 valence electrons. The highest BCUT2D eigenvalue weighted by Crippen LogP contribution is 2.24. The molecule has 8 heteroatoms. The highest BCUT2D eigenvalue weighted by atomic mass is 32.2. The van der Waals surface area contributed by atoms with E-state index in [-0.39, 0.29) is 16.3 Å². The van der Waals surface area contributed by atoms with Crippen molar-refractivity contribution in [2.24, 2.45) is 0 Å². The summed E-state index contributed by atoms with van der Waals surface area (Å²) in [6.45, 7) is 5.29. The summed E-state index contributed by atoms with van der Waals surface area (Å²) in [4.78, 5) is 12.6. The Hall–Kier alpha value is -3.00. The van der Waals surface area contributed by atoms with Crippen molar-refractivity contribution < 1.29 is 22.4 Å². The molecule has 0 N–H and O–H groups in total. The number of carbonyl (C=O) groups excluding carboxylic acids is 1. The monoisotopic (exact) mass is 400 g/mol. The first-order valence-electron chi connectivity index (χ1n) is 8.57. The second kappa shape index (κ2) is 7.55. The van der Waals surface area contributed by atoms with Gasteiger partial charge in [0.2, 0.25) is 5.89 Å². The van der Waals surface area contributed by atoms with Gasteiger partial charge in [0, 0.05) is 11.8 Å². The van der Waals surface area contributed by atoms with Crippen LogP contribution in [-0.2, 0) is 14.6 Å². The molecule has 0 aliphatic heterocycles. The first-order chi connectivity index (χ1) is 13.1. The van der Waals surface area contributed by atoms with E-state index in [1.165, 1.54) is 12.1 Å². The number of esters is 1. The first-order valence-corrected chi connectivity index (χ1v) is 10.5. The van der Waals surface area contributed by atoms with Crippen LogP contribution in [0.3, 0.4) is 0 Å². The molecule has 1 atom stereocenters. The van der Waals surface area contributed by atoms with Crippen LogP contribution in [0.4, 0.5) is 0 Å². The number of benzene rings is 2. The van der Waals surface area contributed by atoms with E-state index in [4.69, 9.17) is 9.15 Å². The predicted molar refractivity (Wildman–Crippen MR) is 103 cm³/mol. The summed E-state index contributed by atoms with van der Waals surface area (Å²) in [5.41, 5.74) is 2.65. The van der Waals surface area contributed by atoms with Crippen molar-refractivity contribution >= 4 is 15.8 Å². The van der Waals surface area contributed by atoms with Gasteiger partial charge in [0.25, 0.3) is 5.89 Å². The maximum atomic E-state index is 12.5. The quantitative estimate of drug-likeness (QED) is 0.602. The summed E-state index contributed by atoms with van der Waals surface area (Å²) in [6.07, 6.45) is 0.293. The van der Waals surface area contributed by atoms with Gasteiger partial charge in [0.05, 0.1) is 10.5 Å². The van der Waals surface area contributed by atoms with Crippen molar-refractivity contribution in [3.05, 3.63) is 65.0 Å². The van der Waals surface area contributed by atoms with Gasteiger partial charge in [-0.1, -0.05) is 23.8 Å². The minimum absolute atomic E-state index is 0.0529. The van der Waals surface area contributed by atoms with Gasteiger partial charge in [-0.2, -0.15) is 0 Å². The van der Waals surface area contributed by atoms with Crippen molar-refractivity contribution in [3.8, 4) is 11.5 Å². The van der Waals surface area contributed by atoms with Crippen molar-refractivity contribution in [1.29, 1.82) is 0 Å². The molecule has 0 amide bonds. The topological polar surface area (TPSA) is 99.4 Å². The molecule has 1 heterocycles. The molecule has 0 bridgehead atoms. The number of sulfone groups is 1. The van der Waals surface area contributed by atoms with Crippen LogP contribution in [0.15, 0.2) is 51.8 Å². The molecule has 0 saturated heterocycles. The molecule has 3 aromatic rings. The molecular formula is C20H20N2O5S. The van der Waals surface area contributed by atoms with E-state index in [2.05, 4.69) is 10.2 Å². The lowest BCUT2D eigenvalue weighted by Crippen LogP contribution is -2.12. The maximum absolute atomic E-state index is 12.5. The number of rotatable bonds is 5. The molecule has 0 aliphatic rings. The van der Waals surface area contributed by atoms with Gasteiger partial charge in [-0.3, -0.25) is 0 Å². The minimum Gasteiger partial charge on any atom is -0.449 e. The van der Waals surface area contributed by atoms with Crippen molar-refractivity contribution in [1.82, 2.24) is 10.2 Å². The third-order valence-corrected chi connectivity index (χ3v) is 5.34. The van der Waals surface area contributed by atoms with Gasteiger partial charge in [-0.15, -0.1) is 10.2 Å². The maximum Gasteiger partial charge on any atom is 0.339 e. The molecule has 0 fully saturated rings. The zero-order valence-electron chi connectivity index (χ0n) is 16.0. The van der Waals surface area contributed by atoms with Gasteiger partial charge in [0.15, 0.2) is 15.9 Å². The van der Waals surface area contributed by atoms with E-state index in [1.807, 2.05) is 31.2 Å². The summed E-state index contributed by atoms with van der Waals surface area (Å²) in [5, 5.41) is 7.95. The average Bonchev–Trinajstić information content (AvgIpc) is 3.12. The van der Waals surface area contributed by atoms with Crippen LogP contribution < -0.4 is 0 Å². The molecular weight excluding hydrogens is 380 g/mol. The number of aromatic nitrogens is 2. The molecule has 0 saturated carbocycles. The minimum atomic E-state index is -3.44. The fourth-order valence-electron chi connectivity index (χ4n) is 2.54. The highest BCUT2D eigenvalue weighted by Gasteiger charge is 2.22. The lowest BCUT2D eigenvalue weighted by Gasteiger charge is -2.12. The second-order valence-corrected chi connectivity index (χ2v) is 8.62. The number of hydrogen-bond acceptors (Lipinski definition) is 7. The van der Waals surface area contributed by atoms with Gasteiger partial charge in [-0.25, -0.2) is 13.2 Å². The smallest absolute Gasteiger partial charge is 0.339 e. The van der Waals surface area contributed by atoms with E-state index in [0.717, 1.165) is 17.4 Å². The normalized spacial score (nSPS) is 12.6. The molecule has 0 unspecified atom stereocenters. The van der Waals surface area contributed by atoms with Crippen molar-refractivity contribution in [3.63, 3.8) is 0 Å². The molecule has 0 radical (unpaired) electrons. The summed E-state index contributed by atoms with van der Waals surface area (Å²) < 4.78 is 34.5. The average molecular weight is 400 g/mol. The van der Waals surface area contributed by atoms with Crippen LogP contribution in [-0.4, -0.2) is 30.8 Å². The summed E-state index contributed by atoms with van der Waals surface area (Å²) >= 11 is 0. The van der Waals surface area contributed by atoms with Gasteiger partial charge >= 0.3 is 5.97 Å². The first kappa shape index (κ1) is 19.8. The van der Waals surface area contributed by atoms with Crippen LogP contribution in [0.1, 0.15) is 40.4 Å². The number of ether oxygens (including phenoxy) is 1. The Morgan fingerprint density at radius 3 is 2.39 bits per heavy atom. The Balaban J connectivity index is 1.79. The number of hydrogen-bond donors (Lipinski definition) is 0. The zero-order valence-corrected chi connectivity index (χ0v) is 16.8. The van der Waals surface area contributed by atoms with Crippen LogP contribution in [0.5, 0.6) is 0 Å². The van der Waals surface area contributed by atoms with E-state index < -0.39 is 21.9 Å². The standard InChI is InChI=1S/C20H20N2O5S/c1-12-5-8-15(9-6-12)19-22-21-18(27-19)14(3)26-20(23)17-11-16(28(4,24)25)10-7-13(17)2/h5-11,14H,1-4H3/t14-/m1/s1. The fraction of sp³-hybridized carbons (Fsp3) is 0.250. The molecule has 1 aromatic heterocycles. The Morgan fingerprint density at radius 1 is 1.07 bits per heavy atom. The fourth-order valence-corrected chi connectivity index (χ4v) is 3.18. The highest BCUT2D eigenvalue weighted by molar-refractivity contribution is 7.90. The van der Waals surface area contributed by atoms with E-state index in [1.54, 1.807) is 19.9 Å². The number of carbonyl (C=O) groups is 1. The van der Waals surface area contributed by atoms with Crippen LogP contribution in [0.2, 0.25) is 0 Å². The molecule has 7 nitrogen and oxygen atoms in total. The van der Waals surface area contributed by atoms with Crippen molar-refractivity contribution in [2.75, 3.05) is 6.26 Å². The molecule has 28 heavy (non-hydrogen) atoms. The Labute approximate surface area is 163 Å².